The Bertz CT molecular complexity index is 1580. The number of amides is 2. The number of benzene rings is 2. The molecule has 6 nitrogen and oxygen atoms in total. The van der Waals surface area contributed by atoms with Crippen LogP contribution in [0.5, 0.6) is 0 Å². The number of fused-ring (bicyclic) bond motifs is 1. The fraction of sp³-hybridized carbons (Fsp3) is 0.281. The van der Waals surface area contributed by atoms with Crippen LogP contribution >= 0.6 is 0 Å². The van der Waals surface area contributed by atoms with Gasteiger partial charge in [-0.25, -0.2) is 13.8 Å². The van der Waals surface area contributed by atoms with Crippen molar-refractivity contribution in [2.45, 2.75) is 38.0 Å². The monoisotopic (exact) mass is 540 g/mol. The number of anilines is 1. The molecule has 8 heteroatoms. The number of rotatable bonds is 7. The zero-order valence-corrected chi connectivity index (χ0v) is 22.4. The van der Waals surface area contributed by atoms with Crippen LogP contribution < -0.4 is 5.32 Å². The summed E-state index contributed by atoms with van der Waals surface area (Å²) in [6.45, 7) is 2.39. The Kier molecular flexibility index (Phi) is 6.70. The van der Waals surface area contributed by atoms with Gasteiger partial charge >= 0.3 is 0 Å². The van der Waals surface area contributed by atoms with Gasteiger partial charge in [0.05, 0.1) is 17.2 Å². The summed E-state index contributed by atoms with van der Waals surface area (Å²) >= 11 is 0. The van der Waals surface area contributed by atoms with Crippen molar-refractivity contribution < 1.29 is 18.4 Å². The van der Waals surface area contributed by atoms with E-state index >= 15 is 0 Å². The molecule has 204 valence electrons. The molecule has 0 spiro atoms. The van der Waals surface area contributed by atoms with Gasteiger partial charge in [-0.15, -0.1) is 0 Å². The molecule has 40 heavy (non-hydrogen) atoms. The molecule has 2 N–H and O–H groups in total. The van der Waals surface area contributed by atoms with Crippen LogP contribution in [0.1, 0.15) is 59.6 Å². The molecule has 2 unspecified atom stereocenters. The third-order valence-corrected chi connectivity index (χ3v) is 8.00. The first kappa shape index (κ1) is 25.9. The van der Waals surface area contributed by atoms with Crippen molar-refractivity contribution in [2.75, 3.05) is 18.9 Å². The molecule has 1 saturated carbocycles. The number of nitrogens with one attached hydrogen (secondary N) is 2. The van der Waals surface area contributed by atoms with Gasteiger partial charge in [0.2, 0.25) is 5.91 Å². The Morgan fingerprint density at radius 1 is 1.02 bits per heavy atom. The van der Waals surface area contributed by atoms with Gasteiger partial charge < -0.3 is 15.2 Å². The van der Waals surface area contributed by atoms with Crippen LogP contribution in [-0.4, -0.2) is 40.3 Å². The second-order valence-electron chi connectivity index (χ2n) is 10.9. The first-order chi connectivity index (χ1) is 19.3. The van der Waals surface area contributed by atoms with Crippen molar-refractivity contribution in [2.24, 2.45) is 5.92 Å². The number of halogens is 2. The van der Waals surface area contributed by atoms with Crippen LogP contribution in [-0.2, 0) is 4.79 Å². The zero-order valence-electron chi connectivity index (χ0n) is 22.4. The maximum absolute atomic E-state index is 13.9. The highest BCUT2D eigenvalue weighted by Gasteiger charge is 2.38. The Morgan fingerprint density at radius 3 is 2.38 bits per heavy atom. The Morgan fingerprint density at radius 2 is 1.70 bits per heavy atom. The lowest BCUT2D eigenvalue weighted by Gasteiger charge is -2.30. The minimum absolute atomic E-state index is 0.0698. The molecule has 2 aliphatic rings. The summed E-state index contributed by atoms with van der Waals surface area (Å²) in [5.41, 5.74) is 5.14. The van der Waals surface area contributed by atoms with Gasteiger partial charge in [-0.1, -0.05) is 37.1 Å². The fourth-order valence-electron chi connectivity index (χ4n) is 5.61. The molecule has 2 aromatic heterocycles. The van der Waals surface area contributed by atoms with Crippen molar-refractivity contribution in [1.82, 2.24) is 14.9 Å². The summed E-state index contributed by atoms with van der Waals surface area (Å²) < 4.78 is 27.2. The van der Waals surface area contributed by atoms with Gasteiger partial charge in [-0.2, -0.15) is 0 Å². The lowest BCUT2D eigenvalue weighted by atomic mass is 9.88. The first-order valence-electron chi connectivity index (χ1n) is 13.6. The standard InChI is InChI=1S/C32H30F2N4O2/c1-18(20-5-9-24(33)10-6-20)31(39)36-26-16-22(13-14-35-26)29-27(21-7-11-25(34)12-8-21)28-30(37-29)23(15-19-3-4-19)17-38(2)32(28)40/h5-14,16,18-19,23,37H,3-4,15,17H2,1-2H3,(H,35,36,39). The van der Waals surface area contributed by atoms with Gasteiger partial charge in [0, 0.05) is 42.5 Å². The number of hydrogen-bond donors (Lipinski definition) is 2. The maximum atomic E-state index is 13.9. The number of pyridine rings is 1. The van der Waals surface area contributed by atoms with E-state index in [0.29, 0.717) is 29.4 Å². The summed E-state index contributed by atoms with van der Waals surface area (Å²) in [6.07, 6.45) is 5.04. The van der Waals surface area contributed by atoms with E-state index < -0.39 is 5.92 Å². The summed E-state index contributed by atoms with van der Waals surface area (Å²) in [6, 6.07) is 15.6. The van der Waals surface area contributed by atoms with E-state index in [-0.39, 0.29) is 29.4 Å². The topological polar surface area (TPSA) is 78.1 Å². The average Bonchev–Trinajstić information content (AvgIpc) is 3.68. The number of aromatic amines is 1. The Labute approximate surface area is 231 Å². The number of carbonyl (C=O) groups excluding carboxylic acids is 2. The highest BCUT2D eigenvalue weighted by Crippen LogP contribution is 2.46. The van der Waals surface area contributed by atoms with E-state index in [2.05, 4.69) is 15.3 Å². The number of nitrogens with zero attached hydrogens (tertiary/aromatic N) is 2. The lowest BCUT2D eigenvalue weighted by Crippen LogP contribution is -2.37. The molecular formula is C32H30F2N4O2. The summed E-state index contributed by atoms with van der Waals surface area (Å²) in [7, 11) is 1.83. The van der Waals surface area contributed by atoms with Crippen LogP contribution in [0.15, 0.2) is 66.9 Å². The van der Waals surface area contributed by atoms with Crippen molar-refractivity contribution in [3.63, 3.8) is 0 Å². The molecule has 0 radical (unpaired) electrons. The summed E-state index contributed by atoms with van der Waals surface area (Å²) in [4.78, 5) is 36.3. The molecule has 4 aromatic rings. The second-order valence-corrected chi connectivity index (χ2v) is 10.9. The van der Waals surface area contributed by atoms with E-state index in [1.54, 1.807) is 48.4 Å². The van der Waals surface area contributed by atoms with Crippen molar-refractivity contribution in [3.8, 4) is 22.4 Å². The SMILES string of the molecule is CC(C(=O)Nc1cc(-c2[nH]c3c(c2-c2ccc(F)cc2)C(=O)N(C)CC3CC2CC2)ccn1)c1ccc(F)cc1. The van der Waals surface area contributed by atoms with E-state index in [4.69, 9.17) is 0 Å². The third-order valence-electron chi connectivity index (χ3n) is 8.00. The lowest BCUT2D eigenvalue weighted by molar-refractivity contribution is -0.117. The fourth-order valence-corrected chi connectivity index (χ4v) is 5.61. The molecule has 1 aliphatic heterocycles. The van der Waals surface area contributed by atoms with Gasteiger partial charge in [0.15, 0.2) is 0 Å². The minimum atomic E-state index is -0.519. The predicted octanol–water partition coefficient (Wildman–Crippen LogP) is 6.73. The van der Waals surface area contributed by atoms with Crippen molar-refractivity contribution >= 4 is 17.6 Å². The number of hydrogen-bond acceptors (Lipinski definition) is 3. The van der Waals surface area contributed by atoms with E-state index in [9.17, 15) is 18.4 Å². The van der Waals surface area contributed by atoms with Crippen molar-refractivity contribution in [3.05, 3.63) is 95.3 Å². The molecule has 6 rings (SSSR count). The normalized spacial score (nSPS) is 17.4. The van der Waals surface area contributed by atoms with E-state index in [1.807, 2.05) is 13.1 Å². The summed E-state index contributed by atoms with van der Waals surface area (Å²) in [5.74, 6) is -0.375. The Hall–Kier alpha value is -4.33. The molecule has 2 aromatic carbocycles. The third kappa shape index (κ3) is 5.01. The zero-order chi connectivity index (χ0) is 28.0. The highest BCUT2D eigenvalue weighted by atomic mass is 19.1. The minimum Gasteiger partial charge on any atom is -0.357 e. The largest absolute Gasteiger partial charge is 0.357 e. The summed E-state index contributed by atoms with van der Waals surface area (Å²) in [5, 5.41) is 2.87. The molecule has 2 atom stereocenters. The van der Waals surface area contributed by atoms with Gasteiger partial charge in [0.1, 0.15) is 17.5 Å². The molecule has 3 heterocycles. The number of H-pyrrole nitrogens is 1. The second kappa shape index (κ2) is 10.3. The van der Waals surface area contributed by atoms with Crippen LogP contribution in [0.2, 0.25) is 0 Å². The average molecular weight is 541 g/mol. The van der Waals surface area contributed by atoms with Gasteiger partial charge in [-0.3, -0.25) is 9.59 Å². The molecule has 0 saturated heterocycles. The van der Waals surface area contributed by atoms with Crippen LogP contribution in [0.3, 0.4) is 0 Å². The number of likely N-dealkylation sites (N-methyl/N-ethyl adjacent to an activating group) is 1. The maximum Gasteiger partial charge on any atom is 0.256 e. The molecule has 0 bridgehead atoms. The molecule has 1 fully saturated rings. The van der Waals surface area contributed by atoms with E-state index in [0.717, 1.165) is 34.5 Å². The molecular weight excluding hydrogens is 510 g/mol. The first-order valence-corrected chi connectivity index (χ1v) is 13.6. The van der Waals surface area contributed by atoms with Crippen molar-refractivity contribution in [1.29, 1.82) is 0 Å². The number of carbonyl (C=O) groups is 2. The van der Waals surface area contributed by atoms with Gasteiger partial charge in [-0.05, 0) is 66.8 Å². The van der Waals surface area contributed by atoms with E-state index in [1.165, 1.54) is 37.1 Å². The quantitative estimate of drug-likeness (QED) is 0.273. The van der Waals surface area contributed by atoms with Crippen LogP contribution in [0, 0.1) is 17.6 Å². The Balaban J connectivity index is 1.40. The van der Waals surface area contributed by atoms with Crippen LogP contribution in [0.4, 0.5) is 14.6 Å². The highest BCUT2D eigenvalue weighted by molar-refractivity contribution is 6.07. The smallest absolute Gasteiger partial charge is 0.256 e. The van der Waals surface area contributed by atoms with Crippen LogP contribution in [0.25, 0.3) is 22.4 Å². The molecule has 1 aliphatic carbocycles. The molecule has 2 amide bonds. The number of aromatic nitrogens is 2. The van der Waals surface area contributed by atoms with Gasteiger partial charge in [0.25, 0.3) is 5.91 Å². The predicted molar refractivity (Wildman–Crippen MR) is 150 cm³/mol.